The largest absolute Gasteiger partial charge is 0.497 e. The number of ether oxygens (including phenoxy) is 2. The number of nitrogens with one attached hydrogen (secondary N) is 2. The molecule has 2 N–H and O–H groups in total. The lowest BCUT2D eigenvalue weighted by atomic mass is 9.85. The number of H-pyrrole nitrogens is 1. The summed E-state index contributed by atoms with van der Waals surface area (Å²) in [4.78, 5) is 27.6. The molecule has 0 radical (unpaired) electrons. The molecule has 0 aliphatic rings. The van der Waals surface area contributed by atoms with Crippen LogP contribution in [0.15, 0.2) is 47.3 Å². The van der Waals surface area contributed by atoms with E-state index in [2.05, 4.69) is 31.1 Å². The van der Waals surface area contributed by atoms with Gasteiger partial charge in [0, 0.05) is 23.2 Å². The smallest absolute Gasteiger partial charge is 0.259 e. The number of carbonyl (C=O) groups excluding carboxylic acids is 1. The summed E-state index contributed by atoms with van der Waals surface area (Å²) in [5.41, 5.74) is 2.27. The van der Waals surface area contributed by atoms with Crippen molar-refractivity contribution in [3.63, 3.8) is 0 Å². The topological polar surface area (TPSA) is 80.4 Å². The van der Waals surface area contributed by atoms with E-state index in [1.54, 1.807) is 37.4 Å². The Hall–Kier alpha value is -3.28. The highest BCUT2D eigenvalue weighted by molar-refractivity contribution is 6.07. The van der Waals surface area contributed by atoms with Crippen LogP contribution in [0.2, 0.25) is 0 Å². The summed E-state index contributed by atoms with van der Waals surface area (Å²) in [6, 6.07) is 12.1. The molecule has 0 bridgehead atoms. The Balaban J connectivity index is 1.97. The lowest BCUT2D eigenvalue weighted by molar-refractivity contribution is 0.102. The van der Waals surface area contributed by atoms with E-state index in [0.717, 1.165) is 10.9 Å². The van der Waals surface area contributed by atoms with Crippen LogP contribution in [0.25, 0.3) is 10.9 Å². The van der Waals surface area contributed by atoms with Crippen LogP contribution in [-0.2, 0) is 5.41 Å². The first-order chi connectivity index (χ1) is 13.2. The Morgan fingerprint density at radius 1 is 1.00 bits per heavy atom. The van der Waals surface area contributed by atoms with E-state index < -0.39 is 0 Å². The molecule has 6 nitrogen and oxygen atoms in total. The molecule has 0 aliphatic carbocycles. The van der Waals surface area contributed by atoms with Gasteiger partial charge in [-0.05, 0) is 35.2 Å². The molecule has 0 fully saturated rings. The van der Waals surface area contributed by atoms with Crippen molar-refractivity contribution in [1.82, 2.24) is 4.98 Å². The van der Waals surface area contributed by atoms with Gasteiger partial charge in [0.1, 0.15) is 11.5 Å². The molecule has 6 heteroatoms. The number of aromatic amines is 1. The normalized spacial score (nSPS) is 11.3. The fourth-order valence-electron chi connectivity index (χ4n) is 3.14. The zero-order chi connectivity index (χ0) is 20.5. The highest BCUT2D eigenvalue weighted by atomic mass is 16.5. The van der Waals surface area contributed by atoms with Gasteiger partial charge in [-0.1, -0.05) is 26.8 Å². The summed E-state index contributed by atoms with van der Waals surface area (Å²) < 4.78 is 10.5. The minimum Gasteiger partial charge on any atom is -0.497 e. The number of amides is 1. The second-order valence-electron chi connectivity index (χ2n) is 7.58. The van der Waals surface area contributed by atoms with Crippen molar-refractivity contribution in [2.24, 2.45) is 0 Å². The Kier molecular flexibility index (Phi) is 5.14. The summed E-state index contributed by atoms with van der Waals surface area (Å²) in [6.07, 6.45) is 0. The number of anilines is 1. The van der Waals surface area contributed by atoms with Crippen LogP contribution in [0.3, 0.4) is 0 Å². The predicted molar refractivity (Wildman–Crippen MR) is 111 cm³/mol. The van der Waals surface area contributed by atoms with Gasteiger partial charge in [-0.25, -0.2) is 0 Å². The minimum atomic E-state index is -0.312. The van der Waals surface area contributed by atoms with Gasteiger partial charge >= 0.3 is 0 Å². The number of pyridine rings is 1. The van der Waals surface area contributed by atoms with E-state index in [1.165, 1.54) is 7.11 Å². The van der Waals surface area contributed by atoms with Gasteiger partial charge in [0.15, 0.2) is 0 Å². The molecule has 3 aromatic rings. The lowest BCUT2D eigenvalue weighted by Crippen LogP contribution is -2.17. The number of carbonyl (C=O) groups is 1. The number of benzene rings is 2. The third kappa shape index (κ3) is 3.86. The van der Waals surface area contributed by atoms with Crippen molar-refractivity contribution < 1.29 is 14.3 Å². The van der Waals surface area contributed by atoms with Crippen molar-refractivity contribution in [1.29, 1.82) is 0 Å². The average molecular weight is 380 g/mol. The van der Waals surface area contributed by atoms with Crippen LogP contribution in [-0.4, -0.2) is 25.1 Å². The number of aromatic nitrogens is 1. The number of fused-ring (bicyclic) bond motifs is 1. The third-order valence-electron chi connectivity index (χ3n) is 4.56. The number of methoxy groups -OCH3 is 2. The zero-order valence-corrected chi connectivity index (χ0v) is 16.7. The molecule has 0 unspecified atom stereocenters. The van der Waals surface area contributed by atoms with Crippen LogP contribution >= 0.6 is 0 Å². The van der Waals surface area contributed by atoms with Crippen LogP contribution in [0, 0.1) is 0 Å². The average Bonchev–Trinajstić information content (AvgIpc) is 2.65. The molecule has 0 saturated heterocycles. The molecule has 3 rings (SSSR count). The van der Waals surface area contributed by atoms with Gasteiger partial charge in [-0.2, -0.15) is 0 Å². The molecule has 0 aliphatic heterocycles. The number of hydrogen-bond donors (Lipinski definition) is 2. The summed E-state index contributed by atoms with van der Waals surface area (Å²) >= 11 is 0. The molecule has 0 saturated carbocycles. The van der Waals surface area contributed by atoms with E-state index in [-0.39, 0.29) is 16.9 Å². The second kappa shape index (κ2) is 7.38. The molecule has 28 heavy (non-hydrogen) atoms. The monoisotopic (exact) mass is 380 g/mol. The zero-order valence-electron chi connectivity index (χ0n) is 16.7. The first kappa shape index (κ1) is 19.5. The lowest BCUT2D eigenvalue weighted by Gasteiger charge is -2.21. The quantitative estimate of drug-likeness (QED) is 0.714. The maximum atomic E-state index is 12.7. The van der Waals surface area contributed by atoms with Crippen LogP contribution in [0.1, 0.15) is 36.7 Å². The summed E-state index contributed by atoms with van der Waals surface area (Å²) in [7, 11) is 3.05. The van der Waals surface area contributed by atoms with Crippen LogP contribution in [0.5, 0.6) is 11.5 Å². The van der Waals surface area contributed by atoms with Gasteiger partial charge in [-0.15, -0.1) is 0 Å². The summed E-state index contributed by atoms with van der Waals surface area (Å²) in [5.74, 6) is 0.709. The van der Waals surface area contributed by atoms with E-state index in [4.69, 9.17) is 9.47 Å². The first-order valence-electron chi connectivity index (χ1n) is 8.94. The minimum absolute atomic E-state index is 0.169. The van der Waals surface area contributed by atoms with E-state index in [9.17, 15) is 9.59 Å². The molecule has 2 aromatic carbocycles. The molecule has 1 amide bonds. The fraction of sp³-hybridized carbons (Fsp3) is 0.273. The van der Waals surface area contributed by atoms with Crippen molar-refractivity contribution in [3.8, 4) is 11.5 Å². The Morgan fingerprint density at radius 3 is 2.39 bits per heavy atom. The molecule has 0 spiro atoms. The molecular formula is C22H24N2O4. The van der Waals surface area contributed by atoms with Crippen LogP contribution in [0.4, 0.5) is 5.69 Å². The van der Waals surface area contributed by atoms with Crippen LogP contribution < -0.4 is 20.3 Å². The summed E-state index contributed by atoms with van der Waals surface area (Å²) in [6.45, 7) is 6.19. The Morgan fingerprint density at radius 2 is 1.75 bits per heavy atom. The molecule has 146 valence electrons. The van der Waals surface area contributed by atoms with Gasteiger partial charge in [0.05, 0.1) is 25.3 Å². The first-order valence-corrected chi connectivity index (χ1v) is 8.94. The summed E-state index contributed by atoms with van der Waals surface area (Å²) in [5, 5.41) is 3.81. The van der Waals surface area contributed by atoms with Crippen molar-refractivity contribution >= 4 is 22.5 Å². The SMILES string of the molecule is COc1ccc(C(=O)Nc2ccc3c(C(C)(C)C)cc(=O)[nH]c3c2)c(OC)c1. The fourth-order valence-corrected chi connectivity index (χ4v) is 3.14. The molecular weight excluding hydrogens is 356 g/mol. The van der Waals surface area contributed by atoms with Gasteiger partial charge in [-0.3, -0.25) is 9.59 Å². The standard InChI is InChI=1S/C22H24N2O4/c1-22(2,3)17-12-20(25)24-18-10-13(6-8-15(17)18)23-21(26)16-9-7-14(27-4)11-19(16)28-5/h6-12H,1-5H3,(H,23,26)(H,24,25). The highest BCUT2D eigenvalue weighted by Crippen LogP contribution is 2.30. The Labute approximate surface area is 163 Å². The van der Waals surface area contributed by atoms with Gasteiger partial charge in [0.2, 0.25) is 5.56 Å². The highest BCUT2D eigenvalue weighted by Gasteiger charge is 2.19. The van der Waals surface area contributed by atoms with Crippen molar-refractivity contribution in [2.45, 2.75) is 26.2 Å². The molecule has 1 aromatic heterocycles. The van der Waals surface area contributed by atoms with E-state index in [0.29, 0.717) is 28.3 Å². The van der Waals surface area contributed by atoms with Crippen molar-refractivity contribution in [3.05, 3.63) is 63.9 Å². The molecule has 0 atom stereocenters. The van der Waals surface area contributed by atoms with Gasteiger partial charge < -0.3 is 19.8 Å². The Bertz CT molecular complexity index is 1090. The van der Waals surface area contributed by atoms with E-state index >= 15 is 0 Å². The predicted octanol–water partition coefficient (Wildman–Crippen LogP) is 4.10. The number of hydrogen-bond acceptors (Lipinski definition) is 4. The third-order valence-corrected chi connectivity index (χ3v) is 4.56. The maximum Gasteiger partial charge on any atom is 0.259 e. The van der Waals surface area contributed by atoms with Gasteiger partial charge in [0.25, 0.3) is 5.91 Å². The number of rotatable bonds is 4. The van der Waals surface area contributed by atoms with E-state index in [1.807, 2.05) is 12.1 Å². The van der Waals surface area contributed by atoms with Crippen molar-refractivity contribution in [2.75, 3.05) is 19.5 Å². The second-order valence-corrected chi connectivity index (χ2v) is 7.58. The maximum absolute atomic E-state index is 12.7. The molecule has 1 heterocycles.